The Balaban J connectivity index is 0. The third kappa shape index (κ3) is 23.4. The summed E-state index contributed by atoms with van der Waals surface area (Å²) in [4.78, 5) is 22.1. The van der Waals surface area contributed by atoms with Crippen LogP contribution < -0.4 is 5.32 Å². The molecule has 1 saturated heterocycles. The number of nitrogens with zero attached hydrogens (tertiary/aromatic N) is 1. The first-order valence-electron chi connectivity index (χ1n) is 17.3. The zero-order valence-electron chi connectivity index (χ0n) is 30.1. The van der Waals surface area contributed by atoms with Gasteiger partial charge in [0.15, 0.2) is 0 Å². The van der Waals surface area contributed by atoms with E-state index in [2.05, 4.69) is 36.7 Å². The van der Waals surface area contributed by atoms with Crippen molar-refractivity contribution in [3.05, 3.63) is 77.6 Å². The molecule has 1 aromatic carbocycles. The van der Waals surface area contributed by atoms with E-state index in [1.54, 1.807) is 6.07 Å². The summed E-state index contributed by atoms with van der Waals surface area (Å²) in [5.41, 5.74) is 3.14. The zero-order chi connectivity index (χ0) is 35.4. The van der Waals surface area contributed by atoms with Gasteiger partial charge in [0.05, 0.1) is 12.1 Å². The lowest BCUT2D eigenvalue weighted by atomic mass is 10.0. The van der Waals surface area contributed by atoms with Gasteiger partial charge in [-0.3, -0.25) is 9.59 Å². The average Bonchev–Trinajstić information content (AvgIpc) is 3.44. The number of nitrogens with one attached hydrogen (secondary N) is 1. The summed E-state index contributed by atoms with van der Waals surface area (Å²) in [5, 5.41) is 2.22. The van der Waals surface area contributed by atoms with Gasteiger partial charge in [0, 0.05) is 19.6 Å². The fraction of sp³-hybridized carbons (Fsp3) is 0.615. The number of carbonyl (C=O) groups excluding carboxylic acids is 2. The lowest BCUT2D eigenvalue weighted by molar-refractivity contribution is -0.137. The fourth-order valence-electron chi connectivity index (χ4n) is 5.13. The van der Waals surface area contributed by atoms with Crippen molar-refractivity contribution < 1.29 is 22.8 Å². The van der Waals surface area contributed by atoms with Gasteiger partial charge in [-0.15, -0.1) is 5.73 Å². The van der Waals surface area contributed by atoms with Crippen LogP contribution in [0.2, 0.25) is 0 Å². The highest BCUT2D eigenvalue weighted by molar-refractivity contribution is 5.79. The van der Waals surface area contributed by atoms with E-state index in [0.717, 1.165) is 54.6 Å². The normalized spacial score (nSPS) is 20.9. The maximum Gasteiger partial charge on any atom is 0.416 e. The van der Waals surface area contributed by atoms with Gasteiger partial charge in [0.1, 0.15) is 5.78 Å². The molecule has 2 aliphatic carbocycles. The van der Waals surface area contributed by atoms with E-state index in [-0.39, 0.29) is 12.3 Å². The van der Waals surface area contributed by atoms with Gasteiger partial charge < -0.3 is 10.2 Å². The number of unbranched alkanes of at least 4 members (excludes halogenated alkanes) is 1. The van der Waals surface area contributed by atoms with Crippen molar-refractivity contribution in [2.45, 2.75) is 107 Å². The summed E-state index contributed by atoms with van der Waals surface area (Å²) in [6.07, 6.45) is 15.0. The lowest BCUT2D eigenvalue weighted by Crippen LogP contribution is -2.26. The number of rotatable bonds is 8. The Morgan fingerprint density at radius 2 is 1.57 bits per heavy atom. The number of allylic oxidation sites excluding steroid dienone is 5. The van der Waals surface area contributed by atoms with Crippen molar-refractivity contribution in [3.8, 4) is 0 Å². The Labute approximate surface area is 279 Å². The molecule has 1 amide bonds. The van der Waals surface area contributed by atoms with E-state index < -0.39 is 11.7 Å². The zero-order valence-corrected chi connectivity index (χ0v) is 30.1. The standard InChI is InChI=1S/C13H25N.C11H13F3.C7H6.C4H7NO2.2C2H6/c1-10-4-5-13(6-10)9-14-7-11(2)12(3)8-14;1-2-3-5-9-6-4-7-10(8-9)11(12,13)14;1-2-4-6-7-5-3-1;1-4(7)2-5-3-6;2*1-2/h10-13H,4-9H2,1-3H3;4,6-8H,2-3,5H2,1H3;1-6H;3H,2H2,1H3,(H,5,6);2*1-2H3. The first-order valence-corrected chi connectivity index (χ1v) is 17.3. The van der Waals surface area contributed by atoms with Crippen LogP contribution >= 0.6 is 0 Å². The van der Waals surface area contributed by atoms with E-state index in [1.165, 1.54) is 58.0 Å². The smallest absolute Gasteiger partial charge is 0.352 e. The Bertz CT molecular complexity index is 1020. The van der Waals surface area contributed by atoms with Crippen molar-refractivity contribution in [3.63, 3.8) is 0 Å². The third-order valence-electron chi connectivity index (χ3n) is 7.61. The van der Waals surface area contributed by atoms with Gasteiger partial charge in [0.2, 0.25) is 6.41 Å². The molecule has 1 aliphatic heterocycles. The van der Waals surface area contributed by atoms with Crippen molar-refractivity contribution in [1.82, 2.24) is 10.2 Å². The molecule has 1 saturated carbocycles. The summed E-state index contributed by atoms with van der Waals surface area (Å²) in [5.74, 6) is 3.83. The largest absolute Gasteiger partial charge is 0.416 e. The van der Waals surface area contributed by atoms with Crippen molar-refractivity contribution in [2.75, 3.05) is 26.2 Å². The molecule has 0 bridgehead atoms. The molecule has 4 rings (SSSR count). The van der Waals surface area contributed by atoms with Crippen LogP contribution in [0.15, 0.2) is 66.5 Å². The second-order valence-corrected chi connectivity index (χ2v) is 11.7. The monoisotopic (exact) mass is 648 g/mol. The van der Waals surface area contributed by atoms with Gasteiger partial charge >= 0.3 is 6.18 Å². The fourth-order valence-corrected chi connectivity index (χ4v) is 5.13. The molecule has 1 aromatic rings. The highest BCUT2D eigenvalue weighted by atomic mass is 19.4. The molecule has 4 nitrogen and oxygen atoms in total. The summed E-state index contributed by atoms with van der Waals surface area (Å²) in [6.45, 7) is 22.9. The van der Waals surface area contributed by atoms with Crippen molar-refractivity contribution in [2.24, 2.45) is 23.7 Å². The maximum atomic E-state index is 12.3. The molecule has 262 valence electrons. The third-order valence-corrected chi connectivity index (χ3v) is 7.61. The van der Waals surface area contributed by atoms with Crippen LogP contribution in [-0.2, 0) is 22.2 Å². The molecule has 3 aliphatic rings. The van der Waals surface area contributed by atoms with Crippen molar-refractivity contribution in [1.29, 1.82) is 0 Å². The molecule has 2 fully saturated rings. The molecular weight excluding hydrogens is 585 g/mol. The molecule has 1 N–H and O–H groups in total. The predicted molar refractivity (Wildman–Crippen MR) is 190 cm³/mol. The van der Waals surface area contributed by atoms with Gasteiger partial charge in [0.25, 0.3) is 0 Å². The van der Waals surface area contributed by atoms with Crippen LogP contribution in [0.25, 0.3) is 0 Å². The van der Waals surface area contributed by atoms with Gasteiger partial charge in [-0.1, -0.05) is 111 Å². The number of alkyl halides is 3. The first kappa shape index (κ1) is 45.2. The number of halogens is 3. The molecule has 1 heterocycles. The number of aryl methyl sites for hydroxylation is 1. The van der Waals surface area contributed by atoms with Crippen LogP contribution in [0.4, 0.5) is 13.2 Å². The number of hydrogen-bond donors (Lipinski definition) is 1. The molecule has 4 unspecified atom stereocenters. The molecule has 0 radical (unpaired) electrons. The lowest BCUT2D eigenvalue weighted by Gasteiger charge is -2.20. The highest BCUT2D eigenvalue weighted by Crippen LogP contribution is 2.33. The van der Waals surface area contributed by atoms with Crippen LogP contribution in [0.3, 0.4) is 0 Å². The quantitative estimate of drug-likeness (QED) is 0.225. The minimum Gasteiger partial charge on any atom is -0.352 e. The number of benzene rings is 1. The number of amides is 1. The van der Waals surface area contributed by atoms with E-state index in [0.29, 0.717) is 6.41 Å². The molecule has 7 heteroatoms. The number of likely N-dealkylation sites (tertiary alicyclic amines) is 1. The maximum absolute atomic E-state index is 12.3. The van der Waals surface area contributed by atoms with Crippen LogP contribution in [0.5, 0.6) is 0 Å². The SMILES string of the molecule is C1=CC=CC=CC=1.CC.CC.CC(=O)CNC=O.CC1CCC(CN2CC(C)C(C)C2)C1.CCCCc1cccc(C(F)(F)F)c1. The second kappa shape index (κ2) is 28.3. The average molecular weight is 649 g/mol. The number of Topliss-reactive ketones (excluding diaryl/α,β-unsaturated/α-hetero) is 1. The minimum absolute atomic E-state index is 0.0351. The summed E-state index contributed by atoms with van der Waals surface area (Å²) in [7, 11) is 0. The molecule has 0 aromatic heterocycles. The Morgan fingerprint density at radius 3 is 2.00 bits per heavy atom. The van der Waals surface area contributed by atoms with E-state index in [1.807, 2.05) is 71.1 Å². The van der Waals surface area contributed by atoms with Crippen LogP contribution in [0.1, 0.15) is 106 Å². The summed E-state index contributed by atoms with van der Waals surface area (Å²) < 4.78 is 36.9. The topological polar surface area (TPSA) is 49.4 Å². The number of ketones is 1. The van der Waals surface area contributed by atoms with Gasteiger partial charge in [-0.25, -0.2) is 0 Å². The second-order valence-electron chi connectivity index (χ2n) is 11.7. The van der Waals surface area contributed by atoms with Gasteiger partial charge in [-0.05, 0) is 80.1 Å². The highest BCUT2D eigenvalue weighted by Gasteiger charge is 2.31. The molecule has 46 heavy (non-hydrogen) atoms. The molecule has 0 spiro atoms. The van der Waals surface area contributed by atoms with Crippen LogP contribution in [0, 0.1) is 23.7 Å². The minimum atomic E-state index is -4.22. The summed E-state index contributed by atoms with van der Waals surface area (Å²) >= 11 is 0. The molecule has 4 atom stereocenters. The van der Waals surface area contributed by atoms with E-state index >= 15 is 0 Å². The van der Waals surface area contributed by atoms with Crippen LogP contribution in [-0.4, -0.2) is 43.3 Å². The van der Waals surface area contributed by atoms with Gasteiger partial charge in [-0.2, -0.15) is 13.2 Å². The predicted octanol–water partition coefficient (Wildman–Crippen LogP) is 10.3. The summed E-state index contributed by atoms with van der Waals surface area (Å²) in [6, 6.07) is 5.55. The Morgan fingerprint density at radius 1 is 0.978 bits per heavy atom. The Kier molecular flexibility index (Phi) is 27.9. The molecular formula is C39H63F3N2O2. The van der Waals surface area contributed by atoms with E-state index in [9.17, 15) is 22.8 Å². The van der Waals surface area contributed by atoms with Crippen molar-refractivity contribution >= 4 is 12.2 Å². The number of carbonyl (C=O) groups is 2. The Hall–Kier alpha value is -2.89. The number of hydrogen-bond acceptors (Lipinski definition) is 3. The first-order chi connectivity index (χ1) is 22.0. The van der Waals surface area contributed by atoms with E-state index in [4.69, 9.17) is 0 Å².